The summed E-state index contributed by atoms with van der Waals surface area (Å²) in [5.41, 5.74) is 2.42. The minimum absolute atomic E-state index is 0.133. The number of hydrogen-bond donors (Lipinski definition) is 2. The molecule has 0 heterocycles. The van der Waals surface area contributed by atoms with Crippen molar-refractivity contribution in [3.63, 3.8) is 0 Å². The van der Waals surface area contributed by atoms with Crippen molar-refractivity contribution in [3.05, 3.63) is 54.1 Å². The lowest BCUT2D eigenvalue weighted by Gasteiger charge is -2.09. The SMILES string of the molecule is CC(=O)Nc1ccc(CCNc2ccc(S(=O)(=O)C(F)F)cc2)cc1. The second kappa shape index (κ2) is 8.06. The van der Waals surface area contributed by atoms with Gasteiger partial charge in [0.1, 0.15) is 0 Å². The Morgan fingerprint density at radius 2 is 1.56 bits per heavy atom. The molecule has 134 valence electrons. The summed E-state index contributed by atoms with van der Waals surface area (Å²) in [6, 6.07) is 12.6. The summed E-state index contributed by atoms with van der Waals surface area (Å²) in [6.07, 6.45) is 0.706. The Morgan fingerprint density at radius 1 is 1.00 bits per heavy atom. The maximum absolute atomic E-state index is 12.5. The Morgan fingerprint density at radius 3 is 2.08 bits per heavy atom. The molecule has 0 aliphatic carbocycles. The molecule has 0 saturated heterocycles. The first-order valence-electron chi connectivity index (χ1n) is 7.51. The van der Waals surface area contributed by atoms with Gasteiger partial charge in [-0.15, -0.1) is 0 Å². The van der Waals surface area contributed by atoms with Gasteiger partial charge < -0.3 is 10.6 Å². The first-order chi connectivity index (χ1) is 11.8. The second-order valence-electron chi connectivity index (χ2n) is 5.38. The highest BCUT2D eigenvalue weighted by atomic mass is 32.2. The maximum atomic E-state index is 12.5. The number of halogens is 2. The molecule has 0 aliphatic heterocycles. The summed E-state index contributed by atoms with van der Waals surface area (Å²) in [5.74, 6) is -3.56. The lowest BCUT2D eigenvalue weighted by atomic mass is 10.1. The second-order valence-corrected chi connectivity index (χ2v) is 7.30. The highest BCUT2D eigenvalue weighted by Crippen LogP contribution is 2.20. The number of rotatable bonds is 7. The number of amides is 1. The van der Waals surface area contributed by atoms with Gasteiger partial charge in [0.15, 0.2) is 0 Å². The topological polar surface area (TPSA) is 75.3 Å². The standard InChI is InChI=1S/C17H18F2N2O3S/c1-12(22)21-15-4-2-13(3-5-15)10-11-20-14-6-8-16(9-7-14)25(23,24)17(18)19/h2-9,17,20H,10-11H2,1H3,(H,21,22). The van der Waals surface area contributed by atoms with Gasteiger partial charge in [-0.05, 0) is 48.4 Å². The molecule has 0 atom stereocenters. The van der Waals surface area contributed by atoms with E-state index in [0.29, 0.717) is 18.7 Å². The third kappa shape index (κ3) is 5.25. The van der Waals surface area contributed by atoms with Gasteiger partial charge in [0.2, 0.25) is 15.7 Å². The van der Waals surface area contributed by atoms with Crippen molar-refractivity contribution in [3.8, 4) is 0 Å². The molecule has 0 bridgehead atoms. The number of sulfone groups is 1. The number of carbonyl (C=O) groups excluding carboxylic acids is 1. The van der Waals surface area contributed by atoms with Crippen molar-refractivity contribution in [2.75, 3.05) is 17.2 Å². The summed E-state index contributed by atoms with van der Waals surface area (Å²) >= 11 is 0. The number of benzene rings is 2. The van der Waals surface area contributed by atoms with Crippen LogP contribution < -0.4 is 10.6 Å². The van der Waals surface area contributed by atoms with Crippen molar-refractivity contribution in [1.82, 2.24) is 0 Å². The minimum atomic E-state index is -4.56. The molecule has 0 fully saturated rings. The summed E-state index contributed by atoms with van der Waals surface area (Å²) in [6.45, 7) is 2.02. The van der Waals surface area contributed by atoms with Crippen LogP contribution in [0.2, 0.25) is 0 Å². The van der Waals surface area contributed by atoms with Crippen LogP contribution in [0.1, 0.15) is 12.5 Å². The van der Waals surface area contributed by atoms with Crippen LogP contribution in [0.4, 0.5) is 20.2 Å². The molecule has 2 aromatic rings. The molecule has 2 aromatic carbocycles. The molecule has 0 spiro atoms. The molecule has 25 heavy (non-hydrogen) atoms. The Hall–Kier alpha value is -2.48. The van der Waals surface area contributed by atoms with Gasteiger partial charge in [-0.25, -0.2) is 8.42 Å². The minimum Gasteiger partial charge on any atom is -0.385 e. The molecule has 0 saturated carbocycles. The maximum Gasteiger partial charge on any atom is 0.341 e. The van der Waals surface area contributed by atoms with Gasteiger partial charge in [0.25, 0.3) is 0 Å². The van der Waals surface area contributed by atoms with Crippen LogP contribution in [0, 0.1) is 0 Å². The zero-order valence-electron chi connectivity index (χ0n) is 13.5. The molecule has 0 aromatic heterocycles. The van der Waals surface area contributed by atoms with E-state index in [4.69, 9.17) is 0 Å². The molecule has 1 amide bonds. The Labute approximate surface area is 145 Å². The quantitative estimate of drug-likeness (QED) is 0.786. The third-order valence-corrected chi connectivity index (χ3v) is 4.83. The fourth-order valence-electron chi connectivity index (χ4n) is 2.17. The zero-order chi connectivity index (χ0) is 18.4. The molecular formula is C17H18F2N2O3S. The van der Waals surface area contributed by atoms with Crippen molar-refractivity contribution in [1.29, 1.82) is 0 Å². The monoisotopic (exact) mass is 368 g/mol. The fraction of sp³-hybridized carbons (Fsp3) is 0.235. The van der Waals surface area contributed by atoms with Crippen LogP contribution in [-0.4, -0.2) is 26.6 Å². The molecule has 2 N–H and O–H groups in total. The van der Waals surface area contributed by atoms with Crippen LogP contribution in [0.3, 0.4) is 0 Å². The lowest BCUT2D eigenvalue weighted by Crippen LogP contribution is -2.11. The first-order valence-corrected chi connectivity index (χ1v) is 9.06. The van der Waals surface area contributed by atoms with Gasteiger partial charge in [-0.3, -0.25) is 4.79 Å². The normalized spacial score (nSPS) is 11.4. The number of nitrogens with one attached hydrogen (secondary N) is 2. The molecular weight excluding hydrogens is 350 g/mol. The lowest BCUT2D eigenvalue weighted by molar-refractivity contribution is -0.114. The van der Waals surface area contributed by atoms with E-state index in [1.807, 2.05) is 12.1 Å². The predicted molar refractivity (Wildman–Crippen MR) is 92.6 cm³/mol. The summed E-state index contributed by atoms with van der Waals surface area (Å²) in [4.78, 5) is 10.5. The fourth-order valence-corrected chi connectivity index (χ4v) is 2.90. The summed E-state index contributed by atoms with van der Waals surface area (Å²) in [7, 11) is -4.56. The van der Waals surface area contributed by atoms with Crippen molar-refractivity contribution in [2.24, 2.45) is 0 Å². The van der Waals surface area contributed by atoms with Crippen LogP contribution >= 0.6 is 0 Å². The van der Waals surface area contributed by atoms with Crippen molar-refractivity contribution in [2.45, 2.75) is 24.0 Å². The van der Waals surface area contributed by atoms with Gasteiger partial charge in [-0.1, -0.05) is 12.1 Å². The molecule has 2 rings (SSSR count). The van der Waals surface area contributed by atoms with Crippen molar-refractivity contribution < 1.29 is 22.0 Å². The van der Waals surface area contributed by atoms with Gasteiger partial charge >= 0.3 is 5.76 Å². The highest BCUT2D eigenvalue weighted by Gasteiger charge is 2.26. The van der Waals surface area contributed by atoms with E-state index in [9.17, 15) is 22.0 Å². The van der Waals surface area contributed by atoms with E-state index in [1.165, 1.54) is 19.1 Å². The molecule has 0 unspecified atom stereocenters. The van der Waals surface area contributed by atoms with Gasteiger partial charge in [0, 0.05) is 24.8 Å². The van der Waals surface area contributed by atoms with E-state index >= 15 is 0 Å². The smallest absolute Gasteiger partial charge is 0.341 e. The Bertz CT molecular complexity index is 820. The van der Waals surface area contributed by atoms with E-state index in [-0.39, 0.29) is 5.91 Å². The number of anilines is 2. The number of hydrogen-bond acceptors (Lipinski definition) is 4. The number of carbonyl (C=O) groups is 1. The first kappa shape index (κ1) is 18.9. The summed E-state index contributed by atoms with van der Waals surface area (Å²) < 4.78 is 47.6. The Balaban J connectivity index is 1.89. The van der Waals surface area contributed by atoms with E-state index < -0.39 is 20.5 Å². The largest absolute Gasteiger partial charge is 0.385 e. The van der Waals surface area contributed by atoms with E-state index in [2.05, 4.69) is 10.6 Å². The van der Waals surface area contributed by atoms with E-state index in [1.54, 1.807) is 12.1 Å². The number of alkyl halides is 2. The molecule has 8 heteroatoms. The predicted octanol–water partition coefficient (Wildman–Crippen LogP) is 3.30. The average molecular weight is 368 g/mol. The molecule has 5 nitrogen and oxygen atoms in total. The van der Waals surface area contributed by atoms with Crippen molar-refractivity contribution >= 4 is 27.1 Å². The molecule has 0 aliphatic rings. The Kier molecular flexibility index (Phi) is 6.08. The van der Waals surface area contributed by atoms with Crippen LogP contribution in [0.5, 0.6) is 0 Å². The van der Waals surface area contributed by atoms with Crippen LogP contribution in [-0.2, 0) is 21.1 Å². The zero-order valence-corrected chi connectivity index (χ0v) is 14.3. The van der Waals surface area contributed by atoms with Crippen LogP contribution in [0.25, 0.3) is 0 Å². The van der Waals surface area contributed by atoms with Crippen LogP contribution in [0.15, 0.2) is 53.4 Å². The average Bonchev–Trinajstić information content (AvgIpc) is 2.56. The van der Waals surface area contributed by atoms with Gasteiger partial charge in [0.05, 0.1) is 4.90 Å². The van der Waals surface area contributed by atoms with Gasteiger partial charge in [-0.2, -0.15) is 8.78 Å². The summed E-state index contributed by atoms with van der Waals surface area (Å²) in [5, 5.41) is 5.78. The third-order valence-electron chi connectivity index (χ3n) is 3.43. The highest BCUT2D eigenvalue weighted by molar-refractivity contribution is 7.91. The molecule has 0 radical (unpaired) electrons. The van der Waals surface area contributed by atoms with E-state index in [0.717, 1.165) is 23.4 Å².